The Kier molecular flexibility index (Phi) is 4.09. The highest BCUT2D eigenvalue weighted by Gasteiger charge is 2.16. The summed E-state index contributed by atoms with van der Waals surface area (Å²) in [5.41, 5.74) is 1.04. The van der Waals surface area contributed by atoms with Gasteiger partial charge in [0, 0.05) is 11.8 Å². The number of rotatable bonds is 4. The first-order valence-electron chi connectivity index (χ1n) is 6.90. The zero-order chi connectivity index (χ0) is 16.2. The van der Waals surface area contributed by atoms with E-state index >= 15 is 0 Å². The van der Waals surface area contributed by atoms with Crippen LogP contribution < -0.4 is 29.6 Å². The smallest absolute Gasteiger partial charge is 0.323 e. The van der Waals surface area contributed by atoms with Crippen molar-refractivity contribution >= 4 is 17.4 Å². The van der Waals surface area contributed by atoms with Crippen LogP contribution in [-0.4, -0.2) is 27.0 Å². The van der Waals surface area contributed by atoms with Crippen molar-refractivity contribution in [3.05, 3.63) is 36.4 Å². The molecule has 2 aromatic carbocycles. The molecule has 7 nitrogen and oxygen atoms in total. The van der Waals surface area contributed by atoms with E-state index in [4.69, 9.17) is 18.9 Å². The van der Waals surface area contributed by atoms with E-state index in [1.54, 1.807) is 36.4 Å². The topological polar surface area (TPSA) is 78.1 Å². The summed E-state index contributed by atoms with van der Waals surface area (Å²) in [5, 5.41) is 5.45. The number of amides is 2. The van der Waals surface area contributed by atoms with Crippen molar-refractivity contribution in [3.8, 4) is 23.0 Å². The first-order chi connectivity index (χ1) is 11.2. The lowest BCUT2D eigenvalue weighted by molar-refractivity contribution is 0.174. The summed E-state index contributed by atoms with van der Waals surface area (Å²) in [7, 11) is 3.05. The third kappa shape index (κ3) is 3.08. The van der Waals surface area contributed by atoms with Gasteiger partial charge in [0.05, 0.1) is 14.2 Å². The number of carbonyl (C=O) groups is 1. The summed E-state index contributed by atoms with van der Waals surface area (Å²) >= 11 is 0. The van der Waals surface area contributed by atoms with Gasteiger partial charge in [0.1, 0.15) is 17.2 Å². The molecule has 0 atom stereocenters. The number of nitrogens with one attached hydrogen (secondary N) is 2. The second-order valence-corrected chi connectivity index (χ2v) is 4.68. The number of para-hydroxylation sites is 1. The highest BCUT2D eigenvalue weighted by molar-refractivity contribution is 6.02. The average Bonchev–Trinajstić information content (AvgIpc) is 3.02. The van der Waals surface area contributed by atoms with E-state index in [1.165, 1.54) is 14.2 Å². The molecule has 23 heavy (non-hydrogen) atoms. The summed E-state index contributed by atoms with van der Waals surface area (Å²) in [6.45, 7) is 0.184. The highest BCUT2D eigenvalue weighted by Crippen LogP contribution is 2.35. The lowest BCUT2D eigenvalue weighted by Gasteiger charge is -2.14. The maximum atomic E-state index is 12.2. The predicted octanol–water partition coefficient (Wildman–Crippen LogP) is 3.08. The van der Waals surface area contributed by atoms with Crippen LogP contribution in [-0.2, 0) is 0 Å². The Morgan fingerprint density at radius 1 is 1.00 bits per heavy atom. The molecule has 120 valence electrons. The van der Waals surface area contributed by atoms with Gasteiger partial charge in [-0.2, -0.15) is 0 Å². The number of ether oxygens (including phenoxy) is 4. The summed E-state index contributed by atoms with van der Waals surface area (Å²) in [6.07, 6.45) is 0. The van der Waals surface area contributed by atoms with Gasteiger partial charge in [0.2, 0.25) is 6.79 Å². The van der Waals surface area contributed by atoms with Crippen molar-refractivity contribution < 1.29 is 23.7 Å². The standard InChI is InChI=1S/C16H16N2O5/c1-20-12-4-3-5-13(21-2)15(12)18-16(19)17-10-6-7-11-14(8-10)23-9-22-11/h3-8H,9H2,1-2H3,(H2,17,18,19). The Morgan fingerprint density at radius 3 is 2.39 bits per heavy atom. The maximum absolute atomic E-state index is 12.2. The molecule has 0 spiro atoms. The average molecular weight is 316 g/mol. The van der Waals surface area contributed by atoms with Crippen molar-refractivity contribution in [3.63, 3.8) is 0 Å². The van der Waals surface area contributed by atoms with E-state index in [0.29, 0.717) is 34.4 Å². The molecule has 0 fully saturated rings. The molecule has 0 saturated carbocycles. The number of methoxy groups -OCH3 is 2. The van der Waals surface area contributed by atoms with Gasteiger partial charge in [-0.3, -0.25) is 0 Å². The van der Waals surface area contributed by atoms with Crippen LogP contribution in [0.2, 0.25) is 0 Å². The van der Waals surface area contributed by atoms with Crippen LogP contribution >= 0.6 is 0 Å². The van der Waals surface area contributed by atoms with E-state index in [0.717, 1.165) is 0 Å². The molecule has 0 aliphatic carbocycles. The molecule has 2 aromatic rings. The third-order valence-electron chi connectivity index (χ3n) is 3.30. The number of benzene rings is 2. The van der Waals surface area contributed by atoms with E-state index in [1.807, 2.05) is 0 Å². The van der Waals surface area contributed by atoms with Gasteiger partial charge < -0.3 is 29.6 Å². The first kappa shape index (κ1) is 14.8. The Balaban J connectivity index is 1.75. The molecule has 0 unspecified atom stereocenters. The second kappa shape index (κ2) is 6.35. The zero-order valence-corrected chi connectivity index (χ0v) is 12.7. The van der Waals surface area contributed by atoms with Crippen molar-refractivity contribution in [2.75, 3.05) is 31.6 Å². The minimum Gasteiger partial charge on any atom is -0.494 e. The van der Waals surface area contributed by atoms with E-state index in [2.05, 4.69) is 10.6 Å². The second-order valence-electron chi connectivity index (χ2n) is 4.68. The van der Waals surface area contributed by atoms with Crippen LogP contribution in [0.3, 0.4) is 0 Å². The number of hydrogen-bond acceptors (Lipinski definition) is 5. The molecular weight excluding hydrogens is 300 g/mol. The molecule has 1 heterocycles. The Hall–Kier alpha value is -3.09. The number of fused-ring (bicyclic) bond motifs is 1. The number of anilines is 2. The molecule has 1 aliphatic heterocycles. The van der Waals surface area contributed by atoms with Crippen LogP contribution in [0, 0.1) is 0 Å². The summed E-state index contributed by atoms with van der Waals surface area (Å²) < 4.78 is 21.0. The normalized spacial score (nSPS) is 11.7. The summed E-state index contributed by atoms with van der Waals surface area (Å²) in [5.74, 6) is 2.26. The monoisotopic (exact) mass is 316 g/mol. The fraction of sp³-hybridized carbons (Fsp3) is 0.188. The Labute approximate surface area is 133 Å². The molecule has 2 N–H and O–H groups in total. The SMILES string of the molecule is COc1cccc(OC)c1NC(=O)Nc1ccc2c(c1)OCO2. The highest BCUT2D eigenvalue weighted by atomic mass is 16.7. The first-order valence-corrected chi connectivity index (χ1v) is 6.90. The van der Waals surface area contributed by atoms with Gasteiger partial charge in [-0.05, 0) is 24.3 Å². The lowest BCUT2D eigenvalue weighted by atomic mass is 10.2. The Bertz CT molecular complexity index is 710. The molecule has 0 aromatic heterocycles. The quantitative estimate of drug-likeness (QED) is 0.906. The molecule has 1 aliphatic rings. The van der Waals surface area contributed by atoms with Crippen molar-refractivity contribution in [1.29, 1.82) is 0 Å². The van der Waals surface area contributed by atoms with Crippen molar-refractivity contribution in [2.24, 2.45) is 0 Å². The maximum Gasteiger partial charge on any atom is 0.323 e. The van der Waals surface area contributed by atoms with Crippen LogP contribution in [0.1, 0.15) is 0 Å². The van der Waals surface area contributed by atoms with E-state index in [9.17, 15) is 4.79 Å². The van der Waals surface area contributed by atoms with Gasteiger partial charge in [-0.25, -0.2) is 4.79 Å². The fourth-order valence-corrected chi connectivity index (χ4v) is 2.22. The number of urea groups is 1. The van der Waals surface area contributed by atoms with Gasteiger partial charge in [-0.1, -0.05) is 6.07 Å². The molecule has 2 amide bonds. The van der Waals surface area contributed by atoms with Gasteiger partial charge in [-0.15, -0.1) is 0 Å². The minimum absolute atomic E-state index is 0.184. The van der Waals surface area contributed by atoms with E-state index < -0.39 is 6.03 Å². The van der Waals surface area contributed by atoms with Gasteiger partial charge in [0.15, 0.2) is 11.5 Å². The number of hydrogen-bond donors (Lipinski definition) is 2. The van der Waals surface area contributed by atoms with Crippen LogP contribution in [0.4, 0.5) is 16.2 Å². The Morgan fingerprint density at radius 2 is 1.70 bits per heavy atom. The minimum atomic E-state index is -0.424. The largest absolute Gasteiger partial charge is 0.494 e. The van der Waals surface area contributed by atoms with E-state index in [-0.39, 0.29) is 6.79 Å². The lowest BCUT2D eigenvalue weighted by Crippen LogP contribution is -2.20. The summed E-state index contributed by atoms with van der Waals surface area (Å²) in [6, 6.07) is 9.98. The van der Waals surface area contributed by atoms with Gasteiger partial charge in [0.25, 0.3) is 0 Å². The summed E-state index contributed by atoms with van der Waals surface area (Å²) in [4.78, 5) is 12.2. The molecule has 3 rings (SSSR count). The fourth-order valence-electron chi connectivity index (χ4n) is 2.22. The molecular formula is C16H16N2O5. The molecule has 7 heteroatoms. The van der Waals surface area contributed by atoms with Crippen molar-refractivity contribution in [1.82, 2.24) is 0 Å². The molecule has 0 saturated heterocycles. The predicted molar refractivity (Wildman–Crippen MR) is 84.8 cm³/mol. The third-order valence-corrected chi connectivity index (χ3v) is 3.30. The number of carbonyl (C=O) groups excluding carboxylic acids is 1. The van der Waals surface area contributed by atoms with Crippen LogP contribution in [0.15, 0.2) is 36.4 Å². The van der Waals surface area contributed by atoms with Crippen LogP contribution in [0.5, 0.6) is 23.0 Å². The zero-order valence-electron chi connectivity index (χ0n) is 12.7. The van der Waals surface area contributed by atoms with Crippen LogP contribution in [0.25, 0.3) is 0 Å². The van der Waals surface area contributed by atoms with Crippen molar-refractivity contribution in [2.45, 2.75) is 0 Å². The van der Waals surface area contributed by atoms with Gasteiger partial charge >= 0.3 is 6.03 Å². The molecule has 0 bridgehead atoms. The molecule has 0 radical (unpaired) electrons.